The van der Waals surface area contributed by atoms with Crippen molar-refractivity contribution < 1.29 is 18.3 Å². The van der Waals surface area contributed by atoms with Gasteiger partial charge in [0.25, 0.3) is 5.95 Å². The first-order valence-corrected chi connectivity index (χ1v) is 11.5. The van der Waals surface area contributed by atoms with E-state index in [1.54, 1.807) is 42.6 Å². The molecule has 5 rings (SSSR count). The molecule has 12 heteroatoms. The Balaban J connectivity index is 1.58. The fourth-order valence-corrected chi connectivity index (χ4v) is 4.10. The molecule has 0 atom stereocenters. The molecule has 5 aromatic rings. The van der Waals surface area contributed by atoms with Gasteiger partial charge in [-0.1, -0.05) is 36.4 Å². The molecule has 4 N–H and O–H groups in total. The molecule has 0 spiro atoms. The lowest BCUT2D eigenvalue weighted by Crippen LogP contribution is -2.32. The number of nitrogen functional groups attached to an aromatic ring is 2. The zero-order valence-corrected chi connectivity index (χ0v) is 20.2. The van der Waals surface area contributed by atoms with Crippen LogP contribution in [-0.2, 0) is 17.7 Å². The molecule has 0 unspecified atom stereocenters. The van der Waals surface area contributed by atoms with E-state index in [4.69, 9.17) is 16.2 Å². The Labute approximate surface area is 215 Å². The van der Waals surface area contributed by atoms with Gasteiger partial charge in [-0.25, -0.2) is 13.6 Å². The molecule has 0 saturated heterocycles. The first-order valence-electron chi connectivity index (χ1n) is 11.5. The van der Waals surface area contributed by atoms with Crippen molar-refractivity contribution in [2.45, 2.75) is 13.0 Å². The average Bonchev–Trinajstić information content (AvgIpc) is 3.28. The highest BCUT2D eigenvalue weighted by Crippen LogP contribution is 2.32. The predicted molar refractivity (Wildman–Crippen MR) is 137 cm³/mol. The van der Waals surface area contributed by atoms with Crippen molar-refractivity contribution in [2.75, 3.05) is 23.5 Å². The highest BCUT2D eigenvalue weighted by Gasteiger charge is 2.26. The van der Waals surface area contributed by atoms with Crippen LogP contribution < -0.4 is 16.4 Å². The topological polar surface area (TPSA) is 138 Å². The van der Waals surface area contributed by atoms with E-state index < -0.39 is 11.9 Å². The van der Waals surface area contributed by atoms with E-state index in [1.807, 2.05) is 0 Å². The Kier molecular flexibility index (Phi) is 6.52. The van der Waals surface area contributed by atoms with E-state index in [1.165, 1.54) is 36.1 Å². The number of carbonyl (C=O) groups is 1. The smallest absolute Gasteiger partial charge is 0.414 e. The number of ether oxygens (including phenoxy) is 1. The molecule has 0 aliphatic heterocycles. The summed E-state index contributed by atoms with van der Waals surface area (Å²) < 4.78 is 34.9. The van der Waals surface area contributed by atoms with Crippen LogP contribution in [0.3, 0.4) is 0 Å². The monoisotopic (exact) mass is 516 g/mol. The lowest BCUT2D eigenvalue weighted by molar-refractivity contribution is 0.178. The zero-order chi connectivity index (χ0) is 26.8. The summed E-state index contributed by atoms with van der Waals surface area (Å²) in [6.45, 7) is -0.224. The van der Waals surface area contributed by atoms with E-state index in [0.29, 0.717) is 22.3 Å². The summed E-state index contributed by atoms with van der Waals surface area (Å²) in [5.41, 5.74) is 14.7. The highest BCUT2D eigenvalue weighted by molar-refractivity contribution is 5.95. The third-order valence-electron chi connectivity index (χ3n) is 5.89. The molecule has 192 valence electrons. The Morgan fingerprint density at radius 3 is 2.21 bits per heavy atom. The van der Waals surface area contributed by atoms with Gasteiger partial charge in [0.15, 0.2) is 11.6 Å². The molecule has 0 fully saturated rings. The van der Waals surface area contributed by atoms with Gasteiger partial charge in [-0.2, -0.15) is 19.7 Å². The van der Waals surface area contributed by atoms with Gasteiger partial charge in [-0.3, -0.25) is 9.88 Å². The fraction of sp³-hybridized carbons (Fsp3) is 0.115. The van der Waals surface area contributed by atoms with Crippen molar-refractivity contribution in [3.05, 3.63) is 95.3 Å². The van der Waals surface area contributed by atoms with Crippen molar-refractivity contribution >= 4 is 34.4 Å². The maximum absolute atomic E-state index is 14.3. The van der Waals surface area contributed by atoms with Crippen LogP contribution in [0.15, 0.2) is 66.9 Å². The number of pyridine rings is 1. The Morgan fingerprint density at radius 1 is 0.947 bits per heavy atom. The molecule has 1 amide bonds. The van der Waals surface area contributed by atoms with Crippen LogP contribution in [-0.4, -0.2) is 37.9 Å². The molecule has 0 saturated carbocycles. The van der Waals surface area contributed by atoms with Gasteiger partial charge in [0.05, 0.1) is 24.9 Å². The Hall–Kier alpha value is -5.13. The quantitative estimate of drug-likeness (QED) is 0.345. The van der Waals surface area contributed by atoms with E-state index in [9.17, 15) is 13.6 Å². The van der Waals surface area contributed by atoms with Crippen LogP contribution >= 0.6 is 0 Å². The minimum absolute atomic E-state index is 0.0113. The third kappa shape index (κ3) is 4.54. The molecule has 38 heavy (non-hydrogen) atoms. The molecule has 0 aliphatic rings. The number of halogens is 2. The minimum Gasteiger partial charge on any atom is -0.452 e. The molecule has 0 radical (unpaired) electrons. The second kappa shape index (κ2) is 10.1. The number of anilines is 3. The second-order valence-electron chi connectivity index (χ2n) is 8.29. The van der Waals surface area contributed by atoms with Crippen LogP contribution in [0.25, 0.3) is 17.0 Å². The molecule has 2 aromatic carbocycles. The second-order valence-corrected chi connectivity index (χ2v) is 8.29. The number of hydrogen-bond acceptors (Lipinski definition) is 8. The van der Waals surface area contributed by atoms with Gasteiger partial charge in [0.2, 0.25) is 0 Å². The van der Waals surface area contributed by atoms with Crippen LogP contribution in [0, 0.1) is 11.6 Å². The Morgan fingerprint density at radius 2 is 1.58 bits per heavy atom. The number of aromatic nitrogens is 5. The molecular formula is C26H22F2N8O2. The van der Waals surface area contributed by atoms with Crippen LogP contribution in [0.2, 0.25) is 0 Å². The van der Waals surface area contributed by atoms with Crippen molar-refractivity contribution in [3.8, 4) is 5.95 Å². The summed E-state index contributed by atoms with van der Waals surface area (Å²) in [7, 11) is 1.18. The van der Waals surface area contributed by atoms with Crippen molar-refractivity contribution in [2.24, 2.45) is 0 Å². The molecule has 3 heterocycles. The third-order valence-corrected chi connectivity index (χ3v) is 5.89. The SMILES string of the molecule is COC(=O)N(Cc1ccccc1F)c1c(N)nc(-n2nc(Cc3ccccc3F)c3ncccc32)nc1N. The van der Waals surface area contributed by atoms with Crippen molar-refractivity contribution in [3.63, 3.8) is 0 Å². The van der Waals surface area contributed by atoms with Crippen LogP contribution in [0.1, 0.15) is 16.8 Å². The van der Waals surface area contributed by atoms with Crippen molar-refractivity contribution in [1.29, 1.82) is 0 Å². The first kappa shape index (κ1) is 24.6. The van der Waals surface area contributed by atoms with Gasteiger partial charge in [0.1, 0.15) is 22.8 Å². The number of fused-ring (bicyclic) bond motifs is 1. The largest absolute Gasteiger partial charge is 0.452 e. The number of amides is 1. The van der Waals surface area contributed by atoms with Crippen LogP contribution in [0.5, 0.6) is 0 Å². The minimum atomic E-state index is -0.830. The van der Waals surface area contributed by atoms with E-state index >= 15 is 0 Å². The lowest BCUT2D eigenvalue weighted by Gasteiger charge is -2.23. The molecule has 3 aromatic heterocycles. The normalized spacial score (nSPS) is 11.0. The molecule has 10 nitrogen and oxygen atoms in total. The lowest BCUT2D eigenvalue weighted by atomic mass is 10.1. The highest BCUT2D eigenvalue weighted by atomic mass is 19.1. The zero-order valence-electron chi connectivity index (χ0n) is 20.2. The average molecular weight is 517 g/mol. The molecular weight excluding hydrogens is 494 g/mol. The number of nitrogens with zero attached hydrogens (tertiary/aromatic N) is 6. The maximum Gasteiger partial charge on any atom is 0.414 e. The van der Waals surface area contributed by atoms with Crippen LogP contribution in [0.4, 0.5) is 30.9 Å². The predicted octanol–water partition coefficient (Wildman–Crippen LogP) is 4.02. The van der Waals surface area contributed by atoms with Gasteiger partial charge >= 0.3 is 6.09 Å². The summed E-state index contributed by atoms with van der Waals surface area (Å²) in [6, 6.07) is 15.8. The summed E-state index contributed by atoms with van der Waals surface area (Å²) >= 11 is 0. The van der Waals surface area contributed by atoms with E-state index in [0.717, 1.165) is 4.90 Å². The van der Waals surface area contributed by atoms with Gasteiger partial charge in [-0.05, 0) is 29.8 Å². The van der Waals surface area contributed by atoms with Crippen molar-refractivity contribution in [1.82, 2.24) is 24.7 Å². The van der Waals surface area contributed by atoms with E-state index in [-0.39, 0.29) is 47.6 Å². The number of hydrogen-bond donors (Lipinski definition) is 2. The fourth-order valence-electron chi connectivity index (χ4n) is 4.10. The van der Waals surface area contributed by atoms with Gasteiger partial charge in [0, 0.05) is 18.2 Å². The number of rotatable bonds is 6. The summed E-state index contributed by atoms with van der Waals surface area (Å²) in [6.07, 6.45) is 0.946. The molecule has 0 aliphatic carbocycles. The van der Waals surface area contributed by atoms with Gasteiger partial charge in [-0.15, -0.1) is 0 Å². The number of nitrogens with two attached hydrogens (primary N) is 2. The first-order chi connectivity index (χ1) is 18.4. The van der Waals surface area contributed by atoms with Gasteiger partial charge < -0.3 is 16.2 Å². The number of carbonyl (C=O) groups excluding carboxylic acids is 1. The van der Waals surface area contributed by atoms with E-state index in [2.05, 4.69) is 20.1 Å². The standard InChI is InChI=1S/C26H22F2N8O2/c1-38-26(37)35(14-16-8-3-5-10-18(16)28)22-23(29)32-25(33-24(22)30)36-20-11-6-12-31-21(20)19(34-36)13-15-7-2-4-9-17(15)27/h2-12H,13-14H2,1H3,(H4,29,30,32,33). The molecule has 0 bridgehead atoms. The summed E-state index contributed by atoms with van der Waals surface area (Å²) in [5.74, 6) is -1.18. The maximum atomic E-state index is 14.3. The number of methoxy groups -OCH3 is 1. The number of benzene rings is 2. The summed E-state index contributed by atoms with van der Waals surface area (Å²) in [5, 5.41) is 4.58. The Bertz CT molecular complexity index is 1630. The summed E-state index contributed by atoms with van der Waals surface area (Å²) in [4.78, 5) is 26.8.